The van der Waals surface area contributed by atoms with E-state index in [1.165, 1.54) is 16.7 Å². The Labute approximate surface area is 161 Å². The maximum Gasteiger partial charge on any atom is 0.128 e. The van der Waals surface area contributed by atoms with Crippen molar-refractivity contribution in [1.29, 1.82) is 0 Å². The van der Waals surface area contributed by atoms with Crippen LogP contribution in [0.25, 0.3) is 0 Å². The van der Waals surface area contributed by atoms with Gasteiger partial charge in [0.25, 0.3) is 0 Å². The van der Waals surface area contributed by atoms with Crippen molar-refractivity contribution in [3.05, 3.63) is 64.7 Å². The third-order valence-corrected chi connectivity index (χ3v) is 4.17. The number of halogens is 2. The lowest BCUT2D eigenvalue weighted by Gasteiger charge is -2.11. The van der Waals surface area contributed by atoms with E-state index in [0.717, 1.165) is 43.1 Å². The molecule has 25 heavy (non-hydrogen) atoms. The zero-order valence-electron chi connectivity index (χ0n) is 14.3. The summed E-state index contributed by atoms with van der Waals surface area (Å²) in [7, 11) is 1.72. The van der Waals surface area contributed by atoms with Crippen LogP contribution in [0.15, 0.2) is 47.5 Å². The number of methoxy groups -OCH3 is 1. The lowest BCUT2D eigenvalue weighted by atomic mass is 10.0. The Morgan fingerprint density at radius 3 is 2.36 bits per heavy atom. The number of ether oxygens (including phenoxy) is 1. The van der Waals surface area contributed by atoms with Crippen LogP contribution >= 0.6 is 24.8 Å². The van der Waals surface area contributed by atoms with Crippen LogP contribution in [0.4, 0.5) is 0 Å². The average molecular weight is 382 g/mol. The van der Waals surface area contributed by atoms with Crippen LogP contribution in [-0.4, -0.2) is 26.0 Å². The molecule has 3 N–H and O–H groups in total. The Hall–Kier alpha value is -1.75. The van der Waals surface area contributed by atoms with Gasteiger partial charge < -0.3 is 15.8 Å². The van der Waals surface area contributed by atoms with Crippen molar-refractivity contribution >= 4 is 30.6 Å². The van der Waals surface area contributed by atoms with E-state index in [2.05, 4.69) is 46.7 Å². The molecule has 0 saturated carbocycles. The lowest BCUT2D eigenvalue weighted by molar-refractivity contribution is 0.409. The van der Waals surface area contributed by atoms with Gasteiger partial charge in [-0.15, -0.1) is 24.8 Å². The molecule has 1 aliphatic heterocycles. The van der Waals surface area contributed by atoms with E-state index in [1.807, 2.05) is 6.07 Å². The fourth-order valence-corrected chi connectivity index (χ4v) is 2.83. The molecule has 0 atom stereocenters. The van der Waals surface area contributed by atoms with E-state index in [1.54, 1.807) is 7.11 Å². The highest BCUT2D eigenvalue weighted by molar-refractivity contribution is 6.00. The molecule has 0 radical (unpaired) electrons. The van der Waals surface area contributed by atoms with Crippen molar-refractivity contribution in [2.24, 2.45) is 10.7 Å². The van der Waals surface area contributed by atoms with E-state index in [9.17, 15) is 0 Å². The maximum atomic E-state index is 5.65. The molecule has 1 heterocycles. The molecule has 0 bridgehead atoms. The van der Waals surface area contributed by atoms with E-state index >= 15 is 0 Å². The fourth-order valence-electron chi connectivity index (χ4n) is 2.83. The van der Waals surface area contributed by atoms with Gasteiger partial charge in [-0.05, 0) is 47.7 Å². The van der Waals surface area contributed by atoms with Crippen LogP contribution in [0.1, 0.15) is 22.3 Å². The molecule has 0 unspecified atom stereocenters. The molecule has 136 valence electrons. The van der Waals surface area contributed by atoms with Gasteiger partial charge in [-0.2, -0.15) is 0 Å². The Bertz CT molecular complexity index is 702. The summed E-state index contributed by atoms with van der Waals surface area (Å²) in [6.07, 6.45) is 1.91. The van der Waals surface area contributed by atoms with Crippen molar-refractivity contribution in [1.82, 2.24) is 5.32 Å². The topological polar surface area (TPSA) is 59.6 Å². The van der Waals surface area contributed by atoms with Crippen LogP contribution in [-0.2, 0) is 19.4 Å². The number of aryl methyl sites for hydroxylation is 2. The van der Waals surface area contributed by atoms with E-state index in [0.29, 0.717) is 6.54 Å². The van der Waals surface area contributed by atoms with E-state index < -0.39 is 0 Å². The molecular formula is C19H25Cl2N3O. The summed E-state index contributed by atoms with van der Waals surface area (Å²) in [5, 5.41) is 3.32. The number of nitrogens with zero attached hydrogens (tertiary/aromatic N) is 1. The second-order valence-electron chi connectivity index (χ2n) is 5.70. The Balaban J connectivity index is 0.00000156. The minimum absolute atomic E-state index is 0. The molecule has 3 rings (SSSR count). The minimum atomic E-state index is 0. The van der Waals surface area contributed by atoms with Crippen LogP contribution in [0.3, 0.4) is 0 Å². The normalized spacial score (nSPS) is 12.5. The van der Waals surface area contributed by atoms with Gasteiger partial charge in [0.2, 0.25) is 0 Å². The standard InChI is InChI=1S/C19H23N3O.2ClH/c1-23-18-9-8-17(19-21-10-11-22-19)12-16(18)7-6-14-2-4-15(13-20)5-3-14;;/h2-5,8-9,12H,6-7,10-11,13,20H2,1H3,(H,21,22);2*1H. The summed E-state index contributed by atoms with van der Waals surface area (Å²) in [6, 6.07) is 14.8. The first-order valence-corrected chi connectivity index (χ1v) is 8.03. The van der Waals surface area contributed by atoms with Gasteiger partial charge in [0.05, 0.1) is 13.7 Å². The minimum Gasteiger partial charge on any atom is -0.496 e. The van der Waals surface area contributed by atoms with Gasteiger partial charge in [0, 0.05) is 18.7 Å². The Morgan fingerprint density at radius 2 is 1.76 bits per heavy atom. The molecule has 0 fully saturated rings. The summed E-state index contributed by atoms with van der Waals surface area (Å²) >= 11 is 0. The van der Waals surface area contributed by atoms with Gasteiger partial charge in [-0.3, -0.25) is 4.99 Å². The van der Waals surface area contributed by atoms with E-state index in [-0.39, 0.29) is 24.8 Å². The van der Waals surface area contributed by atoms with Crippen LogP contribution in [0, 0.1) is 0 Å². The maximum absolute atomic E-state index is 5.65. The zero-order valence-corrected chi connectivity index (χ0v) is 16.0. The first kappa shape index (κ1) is 21.3. The molecular weight excluding hydrogens is 357 g/mol. The average Bonchev–Trinajstić information content (AvgIpc) is 3.15. The highest BCUT2D eigenvalue weighted by Crippen LogP contribution is 2.22. The third kappa shape index (κ3) is 5.36. The number of nitrogens with two attached hydrogens (primary N) is 1. The summed E-state index contributed by atoms with van der Waals surface area (Å²) in [6.45, 7) is 2.36. The SMILES string of the molecule is COc1ccc(C2=NCCN2)cc1CCc1ccc(CN)cc1.Cl.Cl. The first-order valence-electron chi connectivity index (χ1n) is 8.03. The van der Waals surface area contributed by atoms with Gasteiger partial charge in [-0.25, -0.2) is 0 Å². The van der Waals surface area contributed by atoms with Crippen molar-refractivity contribution in [2.45, 2.75) is 19.4 Å². The van der Waals surface area contributed by atoms with E-state index in [4.69, 9.17) is 10.5 Å². The highest BCUT2D eigenvalue weighted by atomic mass is 35.5. The van der Waals surface area contributed by atoms with Crippen molar-refractivity contribution in [3.63, 3.8) is 0 Å². The summed E-state index contributed by atoms with van der Waals surface area (Å²) in [4.78, 5) is 4.49. The van der Waals surface area contributed by atoms with Crippen LogP contribution in [0.5, 0.6) is 5.75 Å². The number of aliphatic imine (C=N–C) groups is 1. The molecule has 0 amide bonds. The largest absolute Gasteiger partial charge is 0.496 e. The summed E-state index contributed by atoms with van der Waals surface area (Å²) in [5.74, 6) is 1.92. The Kier molecular flexibility index (Phi) is 8.76. The predicted octanol–water partition coefficient (Wildman–Crippen LogP) is 3.13. The van der Waals surface area contributed by atoms with Crippen LogP contribution < -0.4 is 15.8 Å². The van der Waals surface area contributed by atoms with Gasteiger partial charge >= 0.3 is 0 Å². The van der Waals surface area contributed by atoms with Crippen molar-refractivity contribution in [2.75, 3.05) is 20.2 Å². The monoisotopic (exact) mass is 381 g/mol. The van der Waals surface area contributed by atoms with Gasteiger partial charge in [0.15, 0.2) is 0 Å². The molecule has 0 spiro atoms. The number of rotatable bonds is 6. The number of nitrogens with one attached hydrogen (secondary N) is 1. The number of benzene rings is 2. The molecule has 4 nitrogen and oxygen atoms in total. The van der Waals surface area contributed by atoms with Gasteiger partial charge in [-0.1, -0.05) is 24.3 Å². The number of hydrogen-bond acceptors (Lipinski definition) is 4. The predicted molar refractivity (Wildman–Crippen MR) is 109 cm³/mol. The molecule has 2 aromatic rings. The lowest BCUT2D eigenvalue weighted by Crippen LogP contribution is -2.19. The third-order valence-electron chi connectivity index (χ3n) is 4.17. The summed E-state index contributed by atoms with van der Waals surface area (Å²) in [5.41, 5.74) is 10.5. The second kappa shape index (κ2) is 10.3. The molecule has 1 aliphatic rings. The molecule has 0 saturated heterocycles. The fraction of sp³-hybridized carbons (Fsp3) is 0.316. The quantitative estimate of drug-likeness (QED) is 0.807. The van der Waals surface area contributed by atoms with Crippen LogP contribution in [0.2, 0.25) is 0 Å². The van der Waals surface area contributed by atoms with Gasteiger partial charge in [0.1, 0.15) is 11.6 Å². The summed E-state index contributed by atoms with van der Waals surface area (Å²) < 4.78 is 5.51. The van der Waals surface area contributed by atoms with Crippen molar-refractivity contribution < 1.29 is 4.74 Å². The number of amidine groups is 1. The highest BCUT2D eigenvalue weighted by Gasteiger charge is 2.11. The molecule has 0 aliphatic carbocycles. The Morgan fingerprint density at radius 1 is 1.04 bits per heavy atom. The zero-order chi connectivity index (χ0) is 16.1. The van der Waals surface area contributed by atoms with Crippen molar-refractivity contribution in [3.8, 4) is 5.75 Å². The first-order chi connectivity index (χ1) is 11.3. The molecule has 2 aromatic carbocycles. The second-order valence-corrected chi connectivity index (χ2v) is 5.70. The molecule has 0 aromatic heterocycles. The number of hydrogen-bond donors (Lipinski definition) is 2. The smallest absolute Gasteiger partial charge is 0.128 e. The molecule has 6 heteroatoms.